The summed E-state index contributed by atoms with van der Waals surface area (Å²) in [5, 5.41) is 3.11. The van der Waals surface area contributed by atoms with E-state index in [4.69, 9.17) is 16.3 Å². The molecule has 0 aromatic heterocycles. The van der Waals surface area contributed by atoms with Gasteiger partial charge < -0.3 is 10.1 Å². The van der Waals surface area contributed by atoms with E-state index < -0.39 is 28.4 Å². The lowest BCUT2D eigenvalue weighted by molar-refractivity contribution is -0.114. The van der Waals surface area contributed by atoms with Crippen molar-refractivity contribution in [3.63, 3.8) is 0 Å². The maximum Gasteiger partial charge on any atom is 0.338 e. The van der Waals surface area contributed by atoms with Gasteiger partial charge in [0.2, 0.25) is 5.91 Å². The van der Waals surface area contributed by atoms with Crippen molar-refractivity contribution in [2.75, 3.05) is 22.8 Å². The molecule has 1 amide bonds. The quantitative estimate of drug-likeness (QED) is 0.413. The number of aryl methyl sites for hydroxylation is 2. The van der Waals surface area contributed by atoms with Gasteiger partial charge in [-0.2, -0.15) is 0 Å². The molecule has 7 nitrogen and oxygen atoms in total. The first-order valence-corrected chi connectivity index (χ1v) is 12.8. The predicted molar refractivity (Wildman–Crippen MR) is 138 cm³/mol. The number of esters is 1. The van der Waals surface area contributed by atoms with Crippen LogP contribution in [0.4, 0.5) is 11.4 Å². The molecule has 0 heterocycles. The van der Waals surface area contributed by atoms with Crippen LogP contribution in [0, 0.1) is 20.8 Å². The molecule has 0 fully saturated rings. The normalized spacial score (nSPS) is 11.1. The van der Waals surface area contributed by atoms with Gasteiger partial charge in [0.1, 0.15) is 6.54 Å². The van der Waals surface area contributed by atoms with Gasteiger partial charge in [0.15, 0.2) is 0 Å². The zero-order valence-electron chi connectivity index (χ0n) is 20.0. The van der Waals surface area contributed by atoms with Crippen LogP contribution in [0.5, 0.6) is 0 Å². The number of halogens is 1. The number of amides is 1. The van der Waals surface area contributed by atoms with Crippen LogP contribution in [0.1, 0.15) is 34.0 Å². The van der Waals surface area contributed by atoms with E-state index in [1.165, 1.54) is 18.2 Å². The third-order valence-electron chi connectivity index (χ3n) is 5.43. The first-order chi connectivity index (χ1) is 16.5. The zero-order valence-corrected chi connectivity index (χ0v) is 21.5. The van der Waals surface area contributed by atoms with Gasteiger partial charge in [-0.1, -0.05) is 41.4 Å². The number of carbonyl (C=O) groups is 2. The highest BCUT2D eigenvalue weighted by Crippen LogP contribution is 2.31. The van der Waals surface area contributed by atoms with E-state index in [2.05, 4.69) is 5.32 Å². The van der Waals surface area contributed by atoms with Crippen LogP contribution >= 0.6 is 11.6 Å². The maximum atomic E-state index is 13.6. The molecule has 0 saturated heterocycles. The summed E-state index contributed by atoms with van der Waals surface area (Å²) >= 11 is 6.27. The van der Waals surface area contributed by atoms with E-state index in [0.29, 0.717) is 27.5 Å². The van der Waals surface area contributed by atoms with Crippen LogP contribution in [-0.4, -0.2) is 33.4 Å². The van der Waals surface area contributed by atoms with Gasteiger partial charge in [0.05, 0.1) is 22.8 Å². The average Bonchev–Trinajstić information content (AvgIpc) is 2.81. The molecule has 0 radical (unpaired) electrons. The smallest absolute Gasteiger partial charge is 0.338 e. The Morgan fingerprint density at radius 3 is 2.34 bits per heavy atom. The number of rotatable bonds is 8. The maximum absolute atomic E-state index is 13.6. The lowest BCUT2D eigenvalue weighted by Gasteiger charge is -2.26. The SMILES string of the molecule is CCOC(=O)c1ccc(C)c(NC(=O)CN(c2cccc(Cl)c2C)S(=O)(=O)c2ccc(C)cc2)c1. The molecule has 35 heavy (non-hydrogen) atoms. The van der Waals surface area contributed by atoms with Gasteiger partial charge in [-0.15, -0.1) is 0 Å². The topological polar surface area (TPSA) is 92.8 Å². The molecule has 0 atom stereocenters. The Hall–Kier alpha value is -3.36. The summed E-state index contributed by atoms with van der Waals surface area (Å²) in [5.74, 6) is -1.09. The Morgan fingerprint density at radius 2 is 1.69 bits per heavy atom. The minimum absolute atomic E-state index is 0.0516. The number of hydrogen-bond donors (Lipinski definition) is 1. The predicted octanol–water partition coefficient (Wildman–Crippen LogP) is 5.28. The molecule has 0 aliphatic heterocycles. The van der Waals surface area contributed by atoms with Crippen LogP contribution in [-0.2, 0) is 19.6 Å². The molecular formula is C26H27ClN2O5S. The summed E-state index contributed by atoms with van der Waals surface area (Å²) in [6, 6.07) is 16.1. The number of benzene rings is 3. The van der Waals surface area contributed by atoms with Gasteiger partial charge in [-0.25, -0.2) is 13.2 Å². The second-order valence-corrected chi connectivity index (χ2v) is 10.3. The van der Waals surface area contributed by atoms with Crippen molar-refractivity contribution in [3.05, 3.63) is 87.9 Å². The number of ether oxygens (including phenoxy) is 1. The monoisotopic (exact) mass is 514 g/mol. The summed E-state index contributed by atoms with van der Waals surface area (Å²) in [6.45, 7) is 6.75. The van der Waals surface area contributed by atoms with Crippen LogP contribution in [0.2, 0.25) is 5.02 Å². The first kappa shape index (κ1) is 26.2. The van der Waals surface area contributed by atoms with Gasteiger partial charge in [-0.05, 0) is 75.2 Å². The van der Waals surface area contributed by atoms with Crippen molar-refractivity contribution < 1.29 is 22.7 Å². The lowest BCUT2D eigenvalue weighted by Crippen LogP contribution is -2.38. The van der Waals surface area contributed by atoms with E-state index in [9.17, 15) is 18.0 Å². The highest BCUT2D eigenvalue weighted by atomic mass is 35.5. The molecule has 3 aromatic rings. The van der Waals surface area contributed by atoms with Crippen LogP contribution in [0.15, 0.2) is 65.6 Å². The van der Waals surface area contributed by atoms with Crippen molar-refractivity contribution in [1.29, 1.82) is 0 Å². The number of carbonyl (C=O) groups excluding carboxylic acids is 2. The Kier molecular flexibility index (Phi) is 8.19. The molecule has 9 heteroatoms. The Morgan fingerprint density at radius 1 is 1.00 bits per heavy atom. The highest BCUT2D eigenvalue weighted by molar-refractivity contribution is 7.92. The van der Waals surface area contributed by atoms with E-state index in [1.54, 1.807) is 63.2 Å². The first-order valence-electron chi connectivity index (χ1n) is 11.0. The fourth-order valence-electron chi connectivity index (χ4n) is 3.42. The molecular weight excluding hydrogens is 488 g/mol. The molecule has 184 valence electrons. The zero-order chi connectivity index (χ0) is 25.8. The second-order valence-electron chi connectivity index (χ2n) is 8.01. The summed E-state index contributed by atoms with van der Waals surface area (Å²) in [7, 11) is -4.10. The number of sulfonamides is 1. The summed E-state index contributed by atoms with van der Waals surface area (Å²) < 4.78 is 33.3. The van der Waals surface area contributed by atoms with Crippen molar-refractivity contribution in [2.24, 2.45) is 0 Å². The molecule has 0 spiro atoms. The third kappa shape index (κ3) is 6.01. The number of nitrogens with one attached hydrogen (secondary N) is 1. The third-order valence-corrected chi connectivity index (χ3v) is 7.61. The van der Waals surface area contributed by atoms with Gasteiger partial charge in [0.25, 0.3) is 10.0 Å². The minimum atomic E-state index is -4.10. The van der Waals surface area contributed by atoms with Crippen LogP contribution < -0.4 is 9.62 Å². The lowest BCUT2D eigenvalue weighted by atomic mass is 10.1. The molecule has 0 aliphatic rings. The fourth-order valence-corrected chi connectivity index (χ4v) is 5.07. The van der Waals surface area contributed by atoms with Crippen molar-refractivity contribution in [2.45, 2.75) is 32.6 Å². The Balaban J connectivity index is 1.98. The summed E-state index contributed by atoms with van der Waals surface area (Å²) in [5.41, 5.74) is 3.10. The summed E-state index contributed by atoms with van der Waals surface area (Å²) in [4.78, 5) is 25.3. The molecule has 1 N–H and O–H groups in total. The molecule has 0 unspecified atom stereocenters. The molecule has 3 rings (SSSR count). The second kappa shape index (κ2) is 10.9. The number of nitrogens with zero attached hydrogens (tertiary/aromatic N) is 1. The number of hydrogen-bond acceptors (Lipinski definition) is 5. The largest absolute Gasteiger partial charge is 0.462 e. The van der Waals surface area contributed by atoms with Crippen LogP contribution in [0.3, 0.4) is 0 Å². The Labute approximate surface area is 210 Å². The van der Waals surface area contributed by atoms with Crippen molar-refractivity contribution >= 4 is 44.9 Å². The van der Waals surface area contributed by atoms with Gasteiger partial charge in [0, 0.05) is 10.7 Å². The van der Waals surface area contributed by atoms with Gasteiger partial charge >= 0.3 is 5.97 Å². The molecule has 0 saturated carbocycles. The Bertz CT molecular complexity index is 1350. The van der Waals surface area contributed by atoms with E-state index >= 15 is 0 Å². The standard InChI is InChI=1S/C26H27ClN2O5S/c1-5-34-26(31)20-12-11-18(3)23(15-20)28-25(30)16-29(24-8-6-7-22(27)19(24)4)35(32,33)21-13-9-17(2)10-14-21/h6-15H,5,16H2,1-4H3,(H,28,30). The van der Waals surface area contributed by atoms with Crippen molar-refractivity contribution in [1.82, 2.24) is 0 Å². The summed E-state index contributed by atoms with van der Waals surface area (Å²) in [6.07, 6.45) is 0. The van der Waals surface area contributed by atoms with Gasteiger partial charge in [-0.3, -0.25) is 9.10 Å². The van der Waals surface area contributed by atoms with E-state index in [1.807, 2.05) is 6.92 Å². The highest BCUT2D eigenvalue weighted by Gasteiger charge is 2.29. The molecule has 3 aromatic carbocycles. The average molecular weight is 515 g/mol. The molecule has 0 aliphatic carbocycles. The minimum Gasteiger partial charge on any atom is -0.462 e. The molecule has 0 bridgehead atoms. The number of anilines is 2. The van der Waals surface area contributed by atoms with E-state index in [0.717, 1.165) is 9.87 Å². The van der Waals surface area contributed by atoms with Crippen molar-refractivity contribution in [3.8, 4) is 0 Å². The fraction of sp³-hybridized carbons (Fsp3) is 0.231. The van der Waals surface area contributed by atoms with Crippen LogP contribution in [0.25, 0.3) is 0 Å². The van der Waals surface area contributed by atoms with E-state index in [-0.39, 0.29) is 17.1 Å².